The second kappa shape index (κ2) is 14.0. The number of rotatable bonds is 15. The highest BCUT2D eigenvalue weighted by atomic mass is 16.6. The van der Waals surface area contributed by atoms with Gasteiger partial charge in [-0.25, -0.2) is 19.2 Å². The van der Waals surface area contributed by atoms with Crippen molar-refractivity contribution in [3.63, 3.8) is 0 Å². The Morgan fingerprint density at radius 2 is 1.20 bits per heavy atom. The van der Waals surface area contributed by atoms with Gasteiger partial charge in [0.2, 0.25) is 0 Å². The third kappa shape index (κ3) is 12.4. The van der Waals surface area contributed by atoms with Crippen molar-refractivity contribution < 1.29 is 38.1 Å². The molecule has 0 bridgehead atoms. The van der Waals surface area contributed by atoms with Crippen LogP contribution in [-0.4, -0.2) is 49.5 Å². The Kier molecular flexibility index (Phi) is 12.6. The molecule has 0 spiro atoms. The molecule has 0 aliphatic heterocycles. The van der Waals surface area contributed by atoms with Crippen LogP contribution in [0.4, 0.5) is 9.59 Å². The normalized spacial score (nSPS) is 10.6. The fourth-order valence-corrected chi connectivity index (χ4v) is 2.55. The first-order chi connectivity index (χ1) is 14.0. The fraction of sp³-hybridized carbons (Fsp3) is 0.600. The van der Waals surface area contributed by atoms with Crippen molar-refractivity contribution in [3.05, 3.63) is 24.3 Å². The van der Waals surface area contributed by atoms with Gasteiger partial charge < -0.3 is 30.4 Å². The molecule has 4 N–H and O–H groups in total. The van der Waals surface area contributed by atoms with Gasteiger partial charge in [0.1, 0.15) is 5.60 Å². The summed E-state index contributed by atoms with van der Waals surface area (Å²) in [6.07, 6.45) is 0.609. The van der Waals surface area contributed by atoms with Crippen molar-refractivity contribution in [2.24, 2.45) is 11.5 Å². The first-order valence-corrected chi connectivity index (χ1v) is 9.55. The lowest BCUT2D eigenvalue weighted by atomic mass is 9.89. The molecular formula is C20H32N2O8. The molecule has 170 valence electrons. The number of nitrogens with two attached hydrogens (primary N) is 2. The lowest BCUT2D eigenvalue weighted by Gasteiger charge is -2.33. The van der Waals surface area contributed by atoms with E-state index in [1.165, 1.54) is 13.8 Å². The zero-order chi connectivity index (χ0) is 23.2. The van der Waals surface area contributed by atoms with E-state index in [0.29, 0.717) is 25.7 Å². The van der Waals surface area contributed by atoms with Crippen LogP contribution in [0.3, 0.4) is 0 Å². The number of hydrogen-bond donors (Lipinski definition) is 2. The van der Waals surface area contributed by atoms with Gasteiger partial charge in [0.25, 0.3) is 0 Å². The van der Waals surface area contributed by atoms with Crippen molar-refractivity contribution in [2.75, 3.05) is 19.8 Å². The Morgan fingerprint density at radius 3 is 1.60 bits per heavy atom. The second-order valence-electron chi connectivity index (χ2n) is 6.91. The summed E-state index contributed by atoms with van der Waals surface area (Å²) in [6, 6.07) is 0. The van der Waals surface area contributed by atoms with Crippen molar-refractivity contribution in [1.82, 2.24) is 0 Å². The van der Waals surface area contributed by atoms with Crippen LogP contribution in [0.15, 0.2) is 24.3 Å². The number of carbonyl (C=O) groups is 4. The van der Waals surface area contributed by atoms with Gasteiger partial charge in [0, 0.05) is 24.0 Å². The Bertz CT molecular complexity index is 613. The van der Waals surface area contributed by atoms with E-state index in [-0.39, 0.29) is 43.8 Å². The van der Waals surface area contributed by atoms with E-state index in [9.17, 15) is 19.2 Å². The Labute approximate surface area is 176 Å². The minimum atomic E-state index is -1.11. The molecule has 0 aliphatic rings. The van der Waals surface area contributed by atoms with Crippen LogP contribution in [0.1, 0.15) is 52.4 Å². The molecule has 30 heavy (non-hydrogen) atoms. The van der Waals surface area contributed by atoms with E-state index in [1.54, 1.807) is 0 Å². The molecule has 0 heterocycles. The molecule has 0 aromatic carbocycles. The maximum atomic E-state index is 11.6. The number of amides is 2. The second-order valence-corrected chi connectivity index (χ2v) is 6.91. The molecule has 0 atom stereocenters. The smallest absolute Gasteiger partial charge is 0.405 e. The maximum absolute atomic E-state index is 11.6. The van der Waals surface area contributed by atoms with Crippen molar-refractivity contribution in [1.29, 1.82) is 0 Å². The summed E-state index contributed by atoms with van der Waals surface area (Å²) in [4.78, 5) is 45.4. The molecule has 0 rings (SSSR count). The molecule has 0 aromatic rings. The molecule has 0 saturated carbocycles. The largest absolute Gasteiger partial charge is 0.462 e. The monoisotopic (exact) mass is 428 g/mol. The Hall–Kier alpha value is -3.04. The van der Waals surface area contributed by atoms with Gasteiger partial charge in [-0.3, -0.25) is 0 Å². The van der Waals surface area contributed by atoms with E-state index >= 15 is 0 Å². The highest BCUT2D eigenvalue weighted by Crippen LogP contribution is 2.29. The molecule has 0 fully saturated rings. The first kappa shape index (κ1) is 27.0. The Balaban J connectivity index is 5.03. The average Bonchev–Trinajstić information content (AvgIpc) is 2.63. The first-order valence-electron chi connectivity index (χ1n) is 9.55. The molecule has 0 aromatic heterocycles. The standard InChI is InChI=1S/C20H32N2O8/c1-14(2)16(23)27-12-9-20(30-19(22)26,10-13-28-17(24)15(3)4)8-6-5-7-11-29-18(21)25/h1,3,5-13H2,2,4H3,(H2,21,25)(H2,22,26). The predicted octanol–water partition coefficient (Wildman–Crippen LogP) is 2.50. The number of primary amides is 2. The van der Waals surface area contributed by atoms with Crippen molar-refractivity contribution in [3.8, 4) is 0 Å². The highest BCUT2D eigenvalue weighted by molar-refractivity contribution is 5.87. The molecule has 0 radical (unpaired) electrons. The SMILES string of the molecule is C=C(C)C(=O)OCCC(CCCCCOC(N)=O)(CCOC(=O)C(=C)C)OC(N)=O. The van der Waals surface area contributed by atoms with Crippen LogP contribution in [-0.2, 0) is 28.5 Å². The van der Waals surface area contributed by atoms with Crippen LogP contribution in [0.25, 0.3) is 0 Å². The average molecular weight is 428 g/mol. The van der Waals surface area contributed by atoms with Crippen molar-refractivity contribution in [2.45, 2.75) is 58.0 Å². The number of hydrogen-bond acceptors (Lipinski definition) is 8. The minimum Gasteiger partial charge on any atom is -0.462 e. The summed E-state index contributed by atoms with van der Waals surface area (Å²) >= 11 is 0. The minimum absolute atomic E-state index is 0.0435. The lowest BCUT2D eigenvalue weighted by molar-refractivity contribution is -0.142. The van der Waals surface area contributed by atoms with Gasteiger partial charge in [0.05, 0.1) is 19.8 Å². The molecular weight excluding hydrogens is 396 g/mol. The highest BCUT2D eigenvalue weighted by Gasteiger charge is 2.34. The van der Waals surface area contributed by atoms with E-state index in [2.05, 4.69) is 17.9 Å². The van der Waals surface area contributed by atoms with Gasteiger partial charge in [0.15, 0.2) is 0 Å². The quantitative estimate of drug-likeness (QED) is 0.174. The van der Waals surface area contributed by atoms with Crippen LogP contribution in [0.5, 0.6) is 0 Å². The fourth-order valence-electron chi connectivity index (χ4n) is 2.55. The summed E-state index contributed by atoms with van der Waals surface area (Å²) in [5.74, 6) is -1.14. The molecule has 0 saturated heterocycles. The molecule has 2 amide bonds. The topological polar surface area (TPSA) is 157 Å². The van der Waals surface area contributed by atoms with Gasteiger partial charge in [-0.2, -0.15) is 0 Å². The summed E-state index contributed by atoms with van der Waals surface area (Å²) < 4.78 is 20.3. The molecule has 10 nitrogen and oxygen atoms in total. The third-order valence-corrected chi connectivity index (χ3v) is 4.12. The van der Waals surface area contributed by atoms with Crippen molar-refractivity contribution >= 4 is 24.1 Å². The maximum Gasteiger partial charge on any atom is 0.405 e. The van der Waals surface area contributed by atoms with Crippen LogP contribution in [0.2, 0.25) is 0 Å². The number of ether oxygens (including phenoxy) is 4. The van der Waals surface area contributed by atoms with Crippen LogP contribution in [0, 0.1) is 0 Å². The van der Waals surface area contributed by atoms with Gasteiger partial charge in [-0.15, -0.1) is 0 Å². The predicted molar refractivity (Wildman–Crippen MR) is 108 cm³/mol. The third-order valence-electron chi connectivity index (χ3n) is 4.12. The number of esters is 2. The van der Waals surface area contributed by atoms with E-state index < -0.39 is 29.7 Å². The molecule has 0 aliphatic carbocycles. The van der Waals surface area contributed by atoms with E-state index in [0.717, 1.165) is 0 Å². The lowest BCUT2D eigenvalue weighted by Crippen LogP contribution is -2.40. The zero-order valence-corrected chi connectivity index (χ0v) is 17.7. The zero-order valence-electron chi connectivity index (χ0n) is 17.7. The van der Waals surface area contributed by atoms with Crippen LogP contribution < -0.4 is 11.5 Å². The van der Waals surface area contributed by atoms with E-state index in [4.69, 9.17) is 25.7 Å². The van der Waals surface area contributed by atoms with E-state index in [1.807, 2.05) is 0 Å². The number of carbonyl (C=O) groups excluding carboxylic acids is 4. The Morgan fingerprint density at radius 1 is 0.700 bits per heavy atom. The van der Waals surface area contributed by atoms with Gasteiger partial charge in [-0.1, -0.05) is 13.2 Å². The number of unbranched alkanes of at least 4 members (excludes halogenated alkanes) is 2. The van der Waals surface area contributed by atoms with Gasteiger partial charge >= 0.3 is 24.1 Å². The summed E-state index contributed by atoms with van der Waals surface area (Å²) in [7, 11) is 0. The van der Waals surface area contributed by atoms with Gasteiger partial charge in [-0.05, 0) is 39.5 Å². The summed E-state index contributed by atoms with van der Waals surface area (Å²) in [5.41, 5.74) is 9.52. The summed E-state index contributed by atoms with van der Waals surface area (Å²) in [5, 5.41) is 0. The summed E-state index contributed by atoms with van der Waals surface area (Å²) in [6.45, 7) is 10.1. The van der Waals surface area contributed by atoms with Crippen LogP contribution >= 0.6 is 0 Å². The molecule has 0 unspecified atom stereocenters. The molecule has 10 heteroatoms.